The molecule has 2 aromatic carbocycles. The van der Waals surface area contributed by atoms with Crippen LogP contribution in [-0.4, -0.2) is 82.2 Å². The van der Waals surface area contributed by atoms with Crippen LogP contribution in [0.1, 0.15) is 63.0 Å². The van der Waals surface area contributed by atoms with E-state index in [1.165, 1.54) is 13.2 Å². The quantitative estimate of drug-likeness (QED) is 0.290. The van der Waals surface area contributed by atoms with E-state index in [0.717, 1.165) is 31.9 Å². The fraction of sp³-hybridized carbons (Fsp3) is 0.562. The lowest BCUT2D eigenvalue weighted by atomic mass is 9.84. The van der Waals surface area contributed by atoms with Crippen LogP contribution in [0.2, 0.25) is 0 Å². The Labute approximate surface area is 264 Å². The van der Waals surface area contributed by atoms with E-state index in [4.69, 9.17) is 14.2 Å². The molecular formula is C32H44FN3O8S. The lowest BCUT2D eigenvalue weighted by Gasteiger charge is -2.35. The van der Waals surface area contributed by atoms with Crippen LogP contribution in [0.15, 0.2) is 30.3 Å². The minimum Gasteiger partial charge on any atom is -0.493 e. The molecule has 2 heterocycles. The Kier molecular flexibility index (Phi) is 11.3. The first-order valence-electron chi connectivity index (χ1n) is 15.4. The van der Waals surface area contributed by atoms with Gasteiger partial charge in [-0.3, -0.25) is 14.5 Å². The molecule has 1 amide bonds. The number of carbonyl (C=O) groups is 2. The largest absolute Gasteiger partial charge is 0.493 e. The lowest BCUT2D eigenvalue weighted by molar-refractivity contribution is -0.143. The van der Waals surface area contributed by atoms with E-state index >= 15 is 0 Å². The van der Waals surface area contributed by atoms with Crippen LogP contribution in [-0.2, 0) is 19.6 Å². The Balaban J connectivity index is 1.73. The summed E-state index contributed by atoms with van der Waals surface area (Å²) in [5.41, 5.74) is 1.67. The number of sulfonamides is 1. The molecule has 2 aliphatic heterocycles. The molecule has 4 rings (SSSR count). The van der Waals surface area contributed by atoms with Crippen LogP contribution in [0, 0.1) is 18.7 Å². The number of carbonyl (C=O) groups excluding carboxylic acids is 1. The number of carboxylic acids is 1. The number of rotatable bonds is 15. The highest BCUT2D eigenvalue weighted by Crippen LogP contribution is 2.47. The Morgan fingerprint density at radius 1 is 1.18 bits per heavy atom. The minimum absolute atomic E-state index is 0.00428. The summed E-state index contributed by atoms with van der Waals surface area (Å²) in [6, 6.07) is 7.32. The maximum atomic E-state index is 14.3. The number of amides is 1. The Hall–Kier alpha value is -3.42. The molecule has 2 aromatic rings. The van der Waals surface area contributed by atoms with Crippen molar-refractivity contribution in [1.29, 1.82) is 0 Å². The molecule has 0 spiro atoms. The van der Waals surface area contributed by atoms with Crippen molar-refractivity contribution in [1.82, 2.24) is 9.62 Å². The number of likely N-dealkylation sites (tertiary alicyclic amines) is 1. The fourth-order valence-electron chi connectivity index (χ4n) is 6.60. The van der Waals surface area contributed by atoms with Crippen LogP contribution >= 0.6 is 0 Å². The summed E-state index contributed by atoms with van der Waals surface area (Å²) >= 11 is 0. The Bertz CT molecular complexity index is 1480. The molecule has 11 nitrogen and oxygen atoms in total. The van der Waals surface area contributed by atoms with Crippen LogP contribution < -0.4 is 23.8 Å². The standard InChI is InChI=1S/C32H44FN3O8S/c1-6-8-22(9-7-2)36(23-10-11-25(33)20(3)14-23)29(37)18-35-17-24(21-15-27(42-4)31-28(16-21)43-19-44-31)30(32(38)39)26(35)12-13-34-45(5,40)41/h10-11,14-16,22,24,26,30,34H,6-9,12-13,17-19H2,1-5H3,(H,38,39). The molecule has 1 fully saturated rings. The van der Waals surface area contributed by atoms with Crippen LogP contribution in [0.25, 0.3) is 0 Å². The van der Waals surface area contributed by atoms with Gasteiger partial charge < -0.3 is 24.2 Å². The number of carboxylic acid groups (broad SMARTS) is 1. The zero-order valence-corrected chi connectivity index (χ0v) is 27.4. The molecule has 0 bridgehead atoms. The van der Waals surface area contributed by atoms with Crippen molar-refractivity contribution in [3.63, 3.8) is 0 Å². The summed E-state index contributed by atoms with van der Waals surface area (Å²) in [5, 5.41) is 10.5. The van der Waals surface area contributed by atoms with Crippen molar-refractivity contribution >= 4 is 27.6 Å². The zero-order chi connectivity index (χ0) is 32.9. The Morgan fingerprint density at radius 2 is 1.89 bits per heavy atom. The number of nitrogens with zero attached hydrogens (tertiary/aromatic N) is 2. The molecule has 0 aromatic heterocycles. The van der Waals surface area contributed by atoms with Crippen LogP contribution in [0.4, 0.5) is 10.1 Å². The summed E-state index contributed by atoms with van der Waals surface area (Å²) in [5.74, 6) is -1.89. The molecule has 3 atom stereocenters. The average molecular weight is 650 g/mol. The number of benzene rings is 2. The number of aliphatic carboxylic acids is 1. The van der Waals surface area contributed by atoms with Gasteiger partial charge in [0.25, 0.3) is 0 Å². The molecule has 248 valence electrons. The maximum Gasteiger partial charge on any atom is 0.308 e. The van der Waals surface area contributed by atoms with Gasteiger partial charge in [0.15, 0.2) is 11.5 Å². The third-order valence-electron chi connectivity index (χ3n) is 8.58. The fourth-order valence-corrected chi connectivity index (χ4v) is 7.09. The third kappa shape index (κ3) is 8.06. The van der Waals surface area contributed by atoms with E-state index < -0.39 is 33.9 Å². The topological polar surface area (TPSA) is 135 Å². The van der Waals surface area contributed by atoms with Gasteiger partial charge >= 0.3 is 5.97 Å². The van der Waals surface area contributed by atoms with Crippen molar-refractivity contribution in [2.24, 2.45) is 5.92 Å². The van der Waals surface area contributed by atoms with Crippen molar-refractivity contribution in [2.75, 3.05) is 44.7 Å². The van der Waals surface area contributed by atoms with Crippen LogP contribution in [0.3, 0.4) is 0 Å². The van der Waals surface area contributed by atoms with Gasteiger partial charge in [-0.2, -0.15) is 0 Å². The highest BCUT2D eigenvalue weighted by Gasteiger charge is 2.48. The number of aryl methyl sites for hydroxylation is 1. The number of fused-ring (bicyclic) bond motifs is 1. The van der Waals surface area contributed by atoms with Gasteiger partial charge in [0.05, 0.1) is 25.8 Å². The highest BCUT2D eigenvalue weighted by atomic mass is 32.2. The predicted octanol–water partition coefficient (Wildman–Crippen LogP) is 4.28. The van der Waals surface area contributed by atoms with Crippen LogP contribution in [0.5, 0.6) is 17.2 Å². The number of methoxy groups -OCH3 is 1. The number of hydrogen-bond acceptors (Lipinski definition) is 8. The molecule has 45 heavy (non-hydrogen) atoms. The van der Waals surface area contributed by atoms with Crippen molar-refractivity contribution in [3.05, 3.63) is 47.3 Å². The van der Waals surface area contributed by atoms with E-state index in [-0.39, 0.29) is 50.6 Å². The lowest BCUT2D eigenvalue weighted by Crippen LogP contribution is -2.48. The summed E-state index contributed by atoms with van der Waals surface area (Å²) in [6.45, 7) is 5.89. The van der Waals surface area contributed by atoms with E-state index in [9.17, 15) is 27.5 Å². The van der Waals surface area contributed by atoms with Crippen molar-refractivity contribution in [2.45, 2.75) is 70.9 Å². The van der Waals surface area contributed by atoms with Gasteiger partial charge in [0, 0.05) is 36.8 Å². The van der Waals surface area contributed by atoms with E-state index in [0.29, 0.717) is 34.1 Å². The first kappa shape index (κ1) is 34.5. The highest BCUT2D eigenvalue weighted by molar-refractivity contribution is 7.88. The van der Waals surface area contributed by atoms with E-state index in [1.807, 2.05) is 18.7 Å². The molecule has 0 radical (unpaired) electrons. The number of ether oxygens (including phenoxy) is 3. The second-order valence-corrected chi connectivity index (χ2v) is 13.6. The molecule has 2 N–H and O–H groups in total. The first-order valence-corrected chi connectivity index (χ1v) is 17.2. The predicted molar refractivity (Wildman–Crippen MR) is 168 cm³/mol. The normalized spacial score (nSPS) is 19.7. The number of anilines is 1. The summed E-state index contributed by atoms with van der Waals surface area (Å²) < 4.78 is 57.1. The maximum absolute atomic E-state index is 14.3. The summed E-state index contributed by atoms with van der Waals surface area (Å²) in [6.07, 6.45) is 4.38. The molecule has 13 heteroatoms. The van der Waals surface area contributed by atoms with E-state index in [2.05, 4.69) is 4.72 Å². The number of nitrogens with one attached hydrogen (secondary N) is 1. The number of hydrogen-bond donors (Lipinski definition) is 2. The minimum atomic E-state index is -3.53. The van der Waals surface area contributed by atoms with Gasteiger partial charge in [-0.05, 0) is 67.6 Å². The molecule has 2 aliphatic rings. The SMILES string of the molecule is CCCC(CCC)N(C(=O)CN1CC(c2cc(OC)c3c(c2)OCO3)C(C(=O)O)C1CCNS(C)(=O)=O)c1ccc(F)c(C)c1. The Morgan fingerprint density at radius 3 is 2.49 bits per heavy atom. The van der Waals surface area contributed by atoms with E-state index in [1.54, 1.807) is 36.1 Å². The van der Waals surface area contributed by atoms with Gasteiger partial charge in [-0.15, -0.1) is 0 Å². The average Bonchev–Trinajstić information content (AvgIpc) is 3.59. The second-order valence-electron chi connectivity index (χ2n) is 11.8. The molecule has 3 unspecified atom stereocenters. The molecule has 1 saturated heterocycles. The summed E-state index contributed by atoms with van der Waals surface area (Å²) in [7, 11) is -2.04. The van der Waals surface area contributed by atoms with Gasteiger partial charge in [-0.1, -0.05) is 26.7 Å². The molecule has 0 aliphatic carbocycles. The van der Waals surface area contributed by atoms with Gasteiger partial charge in [0.1, 0.15) is 5.82 Å². The molecule has 0 saturated carbocycles. The molecular weight excluding hydrogens is 605 g/mol. The summed E-state index contributed by atoms with van der Waals surface area (Å²) in [4.78, 5) is 30.8. The van der Waals surface area contributed by atoms with Crippen molar-refractivity contribution in [3.8, 4) is 17.2 Å². The first-order chi connectivity index (χ1) is 21.4. The number of halogens is 1. The smallest absolute Gasteiger partial charge is 0.308 e. The van der Waals surface area contributed by atoms with Gasteiger partial charge in [0.2, 0.25) is 28.5 Å². The monoisotopic (exact) mass is 649 g/mol. The van der Waals surface area contributed by atoms with Gasteiger partial charge in [-0.25, -0.2) is 17.5 Å². The van der Waals surface area contributed by atoms with Crippen molar-refractivity contribution < 1.29 is 41.7 Å². The second kappa shape index (κ2) is 14.8. The zero-order valence-electron chi connectivity index (χ0n) is 26.5. The third-order valence-corrected chi connectivity index (χ3v) is 9.31.